The number of rotatable bonds is 40. The lowest BCUT2D eigenvalue weighted by Gasteiger charge is -2.42. The SMILES string of the molecule is CCCCCC/C=C/CCCCCCCCCC(=O)O[C@H](COC(=O)CCCCCCC/C=C/CCCCCCCC)CO[C@@H]1O[C@H](CO[C@@H]2O[C@H](CO)[C@H](O)C(O)C2O)[C@H](O)C(O)C1O. The number of carbonyl (C=O) groups is 2. The van der Waals surface area contributed by atoms with E-state index in [0.717, 1.165) is 70.6 Å². The Morgan fingerprint density at radius 3 is 1.35 bits per heavy atom. The summed E-state index contributed by atoms with van der Waals surface area (Å²) < 4.78 is 33.6. The van der Waals surface area contributed by atoms with Gasteiger partial charge in [-0.2, -0.15) is 0 Å². The van der Waals surface area contributed by atoms with Crippen LogP contribution in [-0.2, 0) is 38.0 Å². The highest BCUT2D eigenvalue weighted by atomic mass is 16.7. The van der Waals surface area contributed by atoms with Gasteiger partial charge in [0, 0.05) is 12.8 Å². The van der Waals surface area contributed by atoms with Crippen LogP contribution in [0.2, 0.25) is 0 Å². The summed E-state index contributed by atoms with van der Waals surface area (Å²) in [6.45, 7) is 2.57. The molecule has 2 aliphatic rings. The predicted octanol–water partition coefficient (Wildman–Crippen LogP) is 7.16. The second kappa shape index (κ2) is 38.8. The normalized spacial score (nSPS) is 26.3. The van der Waals surface area contributed by atoms with Crippen LogP contribution in [-0.4, -0.2) is 142 Å². The number of hydrogen-bond acceptors (Lipinski definition) is 15. The Bertz CT molecular complexity index is 1250. The molecular weight excluding hydrogens is 853 g/mol. The highest BCUT2D eigenvalue weighted by Crippen LogP contribution is 2.26. The van der Waals surface area contributed by atoms with Crippen LogP contribution < -0.4 is 0 Å². The predicted molar refractivity (Wildman–Crippen MR) is 252 cm³/mol. The lowest BCUT2D eigenvalue weighted by atomic mass is 9.98. The molecule has 0 radical (unpaired) electrons. The van der Waals surface area contributed by atoms with Gasteiger partial charge in [-0.15, -0.1) is 0 Å². The Balaban J connectivity index is 1.81. The van der Waals surface area contributed by atoms with Crippen LogP contribution in [0.5, 0.6) is 0 Å². The fourth-order valence-corrected chi connectivity index (χ4v) is 8.09. The molecule has 386 valence electrons. The van der Waals surface area contributed by atoms with Gasteiger partial charge in [0.25, 0.3) is 0 Å². The molecule has 0 bridgehead atoms. The summed E-state index contributed by atoms with van der Waals surface area (Å²) in [5, 5.41) is 72.1. The summed E-state index contributed by atoms with van der Waals surface area (Å²) in [5.74, 6) is -0.935. The second-order valence-corrected chi connectivity index (χ2v) is 18.3. The number of allylic oxidation sites excluding steroid dienone is 4. The molecule has 2 rings (SSSR count). The molecule has 0 saturated carbocycles. The van der Waals surface area contributed by atoms with Gasteiger partial charge in [0.2, 0.25) is 0 Å². The molecule has 2 heterocycles. The van der Waals surface area contributed by atoms with Crippen molar-refractivity contribution in [2.24, 2.45) is 0 Å². The molecule has 2 aliphatic heterocycles. The first-order chi connectivity index (χ1) is 32.0. The molecule has 2 fully saturated rings. The average molecular weight is 945 g/mol. The fraction of sp³-hybridized carbons (Fsp3) is 0.882. The van der Waals surface area contributed by atoms with Crippen molar-refractivity contribution in [3.63, 3.8) is 0 Å². The molecule has 66 heavy (non-hydrogen) atoms. The largest absolute Gasteiger partial charge is 0.462 e. The van der Waals surface area contributed by atoms with E-state index in [9.17, 15) is 45.3 Å². The lowest BCUT2D eigenvalue weighted by Crippen LogP contribution is -2.61. The van der Waals surface area contributed by atoms with Crippen LogP contribution in [0.25, 0.3) is 0 Å². The molecule has 0 aromatic carbocycles. The fourth-order valence-electron chi connectivity index (χ4n) is 8.09. The molecule has 0 aromatic heterocycles. The first-order valence-corrected chi connectivity index (χ1v) is 25.9. The molecule has 0 aromatic rings. The van der Waals surface area contributed by atoms with Crippen molar-refractivity contribution in [1.29, 1.82) is 0 Å². The highest BCUT2D eigenvalue weighted by molar-refractivity contribution is 5.70. The summed E-state index contributed by atoms with van der Waals surface area (Å²) in [6, 6.07) is 0. The molecular formula is C51H92O15. The summed E-state index contributed by atoms with van der Waals surface area (Å²) in [4.78, 5) is 25.7. The van der Waals surface area contributed by atoms with E-state index in [2.05, 4.69) is 38.2 Å². The second-order valence-electron chi connectivity index (χ2n) is 18.3. The zero-order valence-electron chi connectivity index (χ0n) is 40.7. The Kier molecular flexibility index (Phi) is 35.3. The maximum Gasteiger partial charge on any atom is 0.306 e. The number of carbonyl (C=O) groups excluding carboxylic acids is 2. The molecule has 0 spiro atoms. The number of aliphatic hydroxyl groups is 7. The zero-order valence-corrected chi connectivity index (χ0v) is 40.7. The van der Waals surface area contributed by atoms with Crippen molar-refractivity contribution < 1.29 is 73.8 Å². The maximum atomic E-state index is 13.0. The lowest BCUT2D eigenvalue weighted by molar-refractivity contribution is -0.332. The number of esters is 2. The van der Waals surface area contributed by atoms with Crippen LogP contribution in [0.1, 0.15) is 194 Å². The topological polar surface area (TPSA) is 231 Å². The summed E-state index contributed by atoms with van der Waals surface area (Å²) in [5.41, 5.74) is 0. The van der Waals surface area contributed by atoms with Crippen molar-refractivity contribution in [1.82, 2.24) is 0 Å². The van der Waals surface area contributed by atoms with E-state index in [1.165, 1.54) is 83.5 Å². The Morgan fingerprint density at radius 2 is 0.864 bits per heavy atom. The van der Waals surface area contributed by atoms with Gasteiger partial charge in [0.15, 0.2) is 18.7 Å². The van der Waals surface area contributed by atoms with Gasteiger partial charge in [-0.1, -0.05) is 141 Å². The Hall–Kier alpha value is -2.02. The van der Waals surface area contributed by atoms with Gasteiger partial charge in [-0.05, 0) is 64.2 Å². The minimum Gasteiger partial charge on any atom is -0.462 e. The van der Waals surface area contributed by atoms with Crippen LogP contribution in [0.15, 0.2) is 24.3 Å². The van der Waals surface area contributed by atoms with E-state index >= 15 is 0 Å². The third-order valence-electron chi connectivity index (χ3n) is 12.4. The molecule has 15 heteroatoms. The molecule has 11 atom stereocenters. The molecule has 7 N–H and O–H groups in total. The van der Waals surface area contributed by atoms with Crippen molar-refractivity contribution in [2.75, 3.05) is 26.4 Å². The highest BCUT2D eigenvalue weighted by Gasteiger charge is 2.47. The minimum atomic E-state index is -1.76. The van der Waals surface area contributed by atoms with Gasteiger partial charge < -0.3 is 64.2 Å². The van der Waals surface area contributed by atoms with Crippen LogP contribution >= 0.6 is 0 Å². The summed E-state index contributed by atoms with van der Waals surface area (Å²) >= 11 is 0. The van der Waals surface area contributed by atoms with E-state index in [-0.39, 0.29) is 26.1 Å². The first kappa shape index (κ1) is 60.1. The van der Waals surface area contributed by atoms with Crippen LogP contribution in [0.4, 0.5) is 0 Å². The van der Waals surface area contributed by atoms with Crippen molar-refractivity contribution in [3.05, 3.63) is 24.3 Å². The number of aliphatic hydroxyl groups excluding tert-OH is 7. The smallest absolute Gasteiger partial charge is 0.306 e. The minimum absolute atomic E-state index is 0.160. The van der Waals surface area contributed by atoms with E-state index in [1.807, 2.05) is 0 Å². The van der Waals surface area contributed by atoms with E-state index < -0.39 is 92.7 Å². The molecule has 0 amide bonds. The summed E-state index contributed by atoms with van der Waals surface area (Å²) in [7, 11) is 0. The third-order valence-corrected chi connectivity index (χ3v) is 12.4. The number of ether oxygens (including phenoxy) is 6. The maximum absolute atomic E-state index is 13.0. The van der Waals surface area contributed by atoms with Gasteiger partial charge >= 0.3 is 11.9 Å². The first-order valence-electron chi connectivity index (χ1n) is 25.9. The van der Waals surface area contributed by atoms with Gasteiger partial charge in [0.05, 0.1) is 19.8 Å². The number of unbranched alkanes of at least 4 members (excludes halogenated alkanes) is 22. The number of hydrogen-bond donors (Lipinski definition) is 7. The van der Waals surface area contributed by atoms with E-state index in [4.69, 9.17) is 28.4 Å². The van der Waals surface area contributed by atoms with Crippen molar-refractivity contribution >= 4 is 11.9 Å². The average Bonchev–Trinajstić information content (AvgIpc) is 3.31. The van der Waals surface area contributed by atoms with Gasteiger partial charge in [-0.3, -0.25) is 9.59 Å². The molecule has 15 nitrogen and oxygen atoms in total. The molecule has 0 aliphatic carbocycles. The van der Waals surface area contributed by atoms with Crippen LogP contribution in [0, 0.1) is 0 Å². The monoisotopic (exact) mass is 945 g/mol. The zero-order chi connectivity index (χ0) is 48.2. The Labute approximate surface area is 396 Å². The Morgan fingerprint density at radius 1 is 0.470 bits per heavy atom. The standard InChI is InChI=1S/C51H92O15/c1-3-5-7-9-11-13-15-17-19-21-23-25-27-29-31-33-42(53)61-36-39(64-43(54)34-32-30-28-26-24-22-20-18-16-14-12-10-8-6-4-2)37-62-50-49(60)47(58)45(56)41(66-50)38-63-51-48(59)46(57)44(55)40(35-52)65-51/h14,16-17,19,39-41,44-52,55-60H,3-13,15,18,20-38H2,1-2H3/b16-14+,19-17+/t39-,40-,41-,44+,45+,46?,47?,48?,49?,50-,51-/m1/s1. The van der Waals surface area contributed by atoms with E-state index in [0.29, 0.717) is 12.8 Å². The quantitative estimate of drug-likeness (QED) is 0.0184. The summed E-state index contributed by atoms with van der Waals surface area (Å²) in [6.07, 6.45) is 22.0. The van der Waals surface area contributed by atoms with Gasteiger partial charge in [-0.25, -0.2) is 0 Å². The van der Waals surface area contributed by atoms with E-state index in [1.54, 1.807) is 0 Å². The van der Waals surface area contributed by atoms with Crippen LogP contribution in [0.3, 0.4) is 0 Å². The molecule has 2 saturated heterocycles. The third kappa shape index (κ3) is 26.7. The van der Waals surface area contributed by atoms with Crippen molar-refractivity contribution in [3.8, 4) is 0 Å². The van der Waals surface area contributed by atoms with Crippen molar-refractivity contribution in [2.45, 2.75) is 261 Å². The van der Waals surface area contributed by atoms with Gasteiger partial charge in [0.1, 0.15) is 55.4 Å². The molecule has 4 unspecified atom stereocenters.